The Morgan fingerprint density at radius 1 is 1.29 bits per heavy atom. The van der Waals surface area contributed by atoms with E-state index in [1.165, 1.54) is 30.4 Å². The van der Waals surface area contributed by atoms with Crippen LogP contribution < -0.4 is 10.5 Å². The molecule has 1 unspecified atom stereocenters. The van der Waals surface area contributed by atoms with Crippen LogP contribution in [0.25, 0.3) is 0 Å². The fraction of sp³-hybridized carbons (Fsp3) is 0.500. The highest BCUT2D eigenvalue weighted by Gasteiger charge is 2.10. The topological polar surface area (TPSA) is 59.0 Å². The van der Waals surface area contributed by atoms with Crippen LogP contribution in [0.15, 0.2) is 18.2 Å². The van der Waals surface area contributed by atoms with Crippen molar-refractivity contribution < 1.29 is 4.74 Å². The third kappa shape index (κ3) is 3.21. The van der Waals surface area contributed by atoms with Gasteiger partial charge < -0.3 is 10.5 Å². The molecule has 0 heterocycles. The van der Waals surface area contributed by atoms with Gasteiger partial charge in [-0.25, -0.2) is 0 Å². The predicted molar refractivity (Wildman–Crippen MR) is 66.8 cm³/mol. The van der Waals surface area contributed by atoms with Gasteiger partial charge in [-0.1, -0.05) is 6.07 Å². The fourth-order valence-corrected chi connectivity index (χ4v) is 2.18. The Kier molecular flexibility index (Phi) is 4.00. The fourth-order valence-electron chi connectivity index (χ4n) is 2.18. The van der Waals surface area contributed by atoms with Gasteiger partial charge in [-0.05, 0) is 48.9 Å². The van der Waals surface area contributed by atoms with Crippen LogP contribution in [0.2, 0.25) is 0 Å². The summed E-state index contributed by atoms with van der Waals surface area (Å²) >= 11 is 0. The second kappa shape index (κ2) is 5.70. The first kappa shape index (κ1) is 11.9. The predicted octanol–water partition coefficient (Wildman–Crippen LogP) is 2.19. The van der Waals surface area contributed by atoms with Crippen molar-refractivity contribution in [3.05, 3.63) is 29.3 Å². The van der Waals surface area contributed by atoms with E-state index >= 15 is 0 Å². The molecule has 0 amide bonds. The van der Waals surface area contributed by atoms with Crippen molar-refractivity contribution in [2.24, 2.45) is 5.73 Å². The molecule has 3 nitrogen and oxygen atoms in total. The second-order valence-electron chi connectivity index (χ2n) is 4.57. The minimum absolute atomic E-state index is 0.198. The molecule has 0 fully saturated rings. The molecule has 90 valence electrons. The number of hydrogen-bond acceptors (Lipinski definition) is 3. The Morgan fingerprint density at radius 3 is 2.82 bits per heavy atom. The highest BCUT2D eigenvalue weighted by molar-refractivity contribution is 5.37. The van der Waals surface area contributed by atoms with Crippen LogP contribution in [0.1, 0.15) is 30.4 Å². The van der Waals surface area contributed by atoms with Crippen molar-refractivity contribution in [3.8, 4) is 11.8 Å². The van der Waals surface area contributed by atoms with Gasteiger partial charge >= 0.3 is 0 Å². The zero-order valence-corrected chi connectivity index (χ0v) is 9.98. The van der Waals surface area contributed by atoms with Crippen molar-refractivity contribution in [3.63, 3.8) is 0 Å². The molecular weight excluding hydrogens is 212 g/mol. The maximum Gasteiger partial charge on any atom is 0.119 e. The molecule has 0 aromatic heterocycles. The summed E-state index contributed by atoms with van der Waals surface area (Å²) in [6.07, 6.45) is 5.23. The molecule has 1 aromatic rings. The van der Waals surface area contributed by atoms with E-state index in [4.69, 9.17) is 15.7 Å². The summed E-state index contributed by atoms with van der Waals surface area (Å²) in [4.78, 5) is 0. The molecule has 0 aliphatic heterocycles. The summed E-state index contributed by atoms with van der Waals surface area (Å²) < 4.78 is 5.61. The Labute approximate surface area is 102 Å². The van der Waals surface area contributed by atoms with Crippen LogP contribution in [0.3, 0.4) is 0 Å². The van der Waals surface area contributed by atoms with Gasteiger partial charge in [-0.2, -0.15) is 5.26 Å². The number of aryl methyl sites for hydroxylation is 2. The van der Waals surface area contributed by atoms with E-state index in [-0.39, 0.29) is 6.04 Å². The largest absolute Gasteiger partial charge is 0.492 e. The van der Waals surface area contributed by atoms with Gasteiger partial charge in [0.1, 0.15) is 12.4 Å². The molecule has 0 bridgehead atoms. The van der Waals surface area contributed by atoms with Crippen LogP contribution in [0, 0.1) is 11.3 Å². The van der Waals surface area contributed by atoms with E-state index in [1.54, 1.807) is 0 Å². The third-order valence-corrected chi connectivity index (χ3v) is 3.14. The molecule has 3 heteroatoms. The first-order chi connectivity index (χ1) is 8.29. The van der Waals surface area contributed by atoms with Gasteiger partial charge in [0.2, 0.25) is 0 Å². The van der Waals surface area contributed by atoms with Gasteiger partial charge in [0.25, 0.3) is 0 Å². The molecule has 1 aromatic carbocycles. The molecule has 17 heavy (non-hydrogen) atoms. The monoisotopic (exact) mass is 230 g/mol. The number of rotatable bonds is 4. The van der Waals surface area contributed by atoms with E-state index in [1.807, 2.05) is 12.1 Å². The zero-order chi connectivity index (χ0) is 12.1. The highest BCUT2D eigenvalue weighted by Crippen LogP contribution is 2.25. The van der Waals surface area contributed by atoms with Gasteiger partial charge in [-0.15, -0.1) is 0 Å². The van der Waals surface area contributed by atoms with E-state index in [2.05, 4.69) is 12.1 Å². The number of ether oxygens (including phenoxy) is 1. The normalized spacial score (nSPS) is 15.8. The number of nitriles is 1. The smallest absolute Gasteiger partial charge is 0.119 e. The van der Waals surface area contributed by atoms with Crippen LogP contribution in [-0.2, 0) is 12.8 Å². The number of benzene rings is 1. The number of nitrogens with zero attached hydrogens (tertiary/aromatic N) is 1. The van der Waals surface area contributed by atoms with Gasteiger partial charge in [0, 0.05) is 0 Å². The lowest BCUT2D eigenvalue weighted by Gasteiger charge is -2.17. The maximum atomic E-state index is 8.51. The Morgan fingerprint density at radius 2 is 2.06 bits per heavy atom. The lowest BCUT2D eigenvalue weighted by Crippen LogP contribution is -2.27. The zero-order valence-electron chi connectivity index (χ0n) is 9.98. The van der Waals surface area contributed by atoms with Crippen molar-refractivity contribution >= 4 is 0 Å². The minimum atomic E-state index is -0.198. The number of nitrogens with two attached hydrogens (primary N) is 1. The lowest BCUT2D eigenvalue weighted by molar-refractivity contribution is 0.289. The van der Waals surface area contributed by atoms with Crippen LogP contribution >= 0.6 is 0 Å². The van der Waals surface area contributed by atoms with Gasteiger partial charge in [0.05, 0.1) is 18.5 Å². The summed E-state index contributed by atoms with van der Waals surface area (Å²) in [6, 6.07) is 8.12. The van der Waals surface area contributed by atoms with Crippen LogP contribution in [-0.4, -0.2) is 12.6 Å². The standard InChI is InChI=1S/C14H18N2O/c15-8-7-13(16)10-17-14-6-5-11-3-1-2-4-12(11)9-14/h5-6,9,13H,1-4,7,10,16H2. The van der Waals surface area contributed by atoms with E-state index < -0.39 is 0 Å². The molecule has 1 aliphatic carbocycles. The highest BCUT2D eigenvalue weighted by atomic mass is 16.5. The van der Waals surface area contributed by atoms with Crippen molar-refractivity contribution in [2.45, 2.75) is 38.1 Å². The average molecular weight is 230 g/mol. The van der Waals surface area contributed by atoms with Crippen molar-refractivity contribution in [1.29, 1.82) is 5.26 Å². The van der Waals surface area contributed by atoms with Crippen LogP contribution in [0.4, 0.5) is 0 Å². The Hall–Kier alpha value is -1.53. The van der Waals surface area contributed by atoms with E-state index in [0.717, 1.165) is 12.2 Å². The summed E-state index contributed by atoms with van der Waals surface area (Å²) in [7, 11) is 0. The molecule has 0 spiro atoms. The van der Waals surface area contributed by atoms with Crippen molar-refractivity contribution in [1.82, 2.24) is 0 Å². The number of fused-ring (bicyclic) bond motifs is 1. The third-order valence-electron chi connectivity index (χ3n) is 3.14. The maximum absolute atomic E-state index is 8.51. The van der Waals surface area contributed by atoms with E-state index in [9.17, 15) is 0 Å². The quantitative estimate of drug-likeness (QED) is 0.862. The molecule has 0 saturated heterocycles. The molecule has 1 atom stereocenters. The second-order valence-corrected chi connectivity index (χ2v) is 4.57. The van der Waals surface area contributed by atoms with Gasteiger partial charge in [-0.3, -0.25) is 0 Å². The molecular formula is C14H18N2O. The van der Waals surface area contributed by atoms with E-state index in [0.29, 0.717) is 13.0 Å². The molecule has 2 N–H and O–H groups in total. The molecule has 0 saturated carbocycles. The number of hydrogen-bond donors (Lipinski definition) is 1. The molecule has 2 rings (SSSR count). The molecule has 1 aliphatic rings. The first-order valence-corrected chi connectivity index (χ1v) is 6.16. The molecule has 0 radical (unpaired) electrons. The minimum Gasteiger partial charge on any atom is -0.492 e. The van der Waals surface area contributed by atoms with Gasteiger partial charge in [0.15, 0.2) is 0 Å². The Balaban J connectivity index is 1.95. The average Bonchev–Trinajstić information content (AvgIpc) is 2.36. The van der Waals surface area contributed by atoms with Crippen LogP contribution in [0.5, 0.6) is 5.75 Å². The first-order valence-electron chi connectivity index (χ1n) is 6.16. The summed E-state index contributed by atoms with van der Waals surface area (Å²) in [5.41, 5.74) is 8.58. The van der Waals surface area contributed by atoms with Crippen molar-refractivity contribution in [2.75, 3.05) is 6.61 Å². The summed E-state index contributed by atoms with van der Waals surface area (Å²) in [5, 5.41) is 8.51. The summed E-state index contributed by atoms with van der Waals surface area (Å²) in [6.45, 7) is 0.409. The summed E-state index contributed by atoms with van der Waals surface area (Å²) in [5.74, 6) is 0.874. The SMILES string of the molecule is N#CCC(N)COc1ccc2c(c1)CCCC2. The lowest BCUT2D eigenvalue weighted by atomic mass is 9.92. The Bertz CT molecular complexity index is 423.